The Hall–Kier alpha value is -0.710. The van der Waals surface area contributed by atoms with Crippen molar-refractivity contribution in [1.82, 2.24) is 5.32 Å². The Kier molecular flexibility index (Phi) is 6.40. The van der Waals surface area contributed by atoms with Crippen LogP contribution in [0.5, 0.6) is 0 Å². The lowest BCUT2D eigenvalue weighted by atomic mass is 10.2. The third-order valence-corrected chi connectivity index (χ3v) is 3.79. The molecule has 0 bridgehead atoms. The molecule has 3 nitrogen and oxygen atoms in total. The van der Waals surface area contributed by atoms with Gasteiger partial charge in [-0.1, -0.05) is 30.7 Å². The fraction of sp³-hybridized carbons (Fsp3) is 0.417. The van der Waals surface area contributed by atoms with Crippen molar-refractivity contribution in [3.63, 3.8) is 0 Å². The van der Waals surface area contributed by atoms with Gasteiger partial charge >= 0.3 is 0 Å². The molecule has 0 heterocycles. The van der Waals surface area contributed by atoms with Crippen LogP contribution < -0.4 is 5.32 Å². The van der Waals surface area contributed by atoms with E-state index in [1.807, 2.05) is 25.1 Å². The third-order valence-electron chi connectivity index (χ3n) is 2.27. The van der Waals surface area contributed by atoms with Gasteiger partial charge in [0.25, 0.3) is 0 Å². The Balaban J connectivity index is 2.41. The quantitative estimate of drug-likeness (QED) is 0.782. The van der Waals surface area contributed by atoms with Gasteiger partial charge in [0.1, 0.15) is 0 Å². The van der Waals surface area contributed by atoms with E-state index in [0.717, 1.165) is 11.3 Å². The Morgan fingerprint density at radius 3 is 2.82 bits per heavy atom. The number of halogens is 1. The average molecular weight is 274 g/mol. The summed E-state index contributed by atoms with van der Waals surface area (Å²) in [6.45, 7) is 1.89. The van der Waals surface area contributed by atoms with Crippen molar-refractivity contribution >= 4 is 29.3 Å². The minimum atomic E-state index is -0.158. The lowest BCUT2D eigenvalue weighted by Crippen LogP contribution is -2.37. The van der Waals surface area contributed by atoms with Crippen molar-refractivity contribution in [1.29, 1.82) is 0 Å². The highest BCUT2D eigenvalue weighted by atomic mass is 35.5. The first-order valence-electron chi connectivity index (χ1n) is 5.45. The Morgan fingerprint density at radius 1 is 1.53 bits per heavy atom. The van der Waals surface area contributed by atoms with Crippen molar-refractivity contribution in [2.24, 2.45) is 0 Å². The molecule has 1 rings (SSSR count). The molecule has 17 heavy (non-hydrogen) atoms. The summed E-state index contributed by atoms with van der Waals surface area (Å²) in [4.78, 5) is 12.5. The molecule has 0 radical (unpaired) electrons. The van der Waals surface area contributed by atoms with Gasteiger partial charge in [-0.3, -0.25) is 4.79 Å². The normalized spacial score (nSPS) is 12.2. The predicted molar refractivity (Wildman–Crippen MR) is 71.5 cm³/mol. The monoisotopic (exact) mass is 273 g/mol. The molecule has 0 aliphatic rings. The number of nitrogens with one attached hydrogen (secondary N) is 1. The molecule has 1 atom stereocenters. The molecule has 0 saturated carbocycles. The van der Waals surface area contributed by atoms with Gasteiger partial charge in [-0.15, -0.1) is 11.8 Å². The van der Waals surface area contributed by atoms with Crippen LogP contribution in [0.15, 0.2) is 29.2 Å². The van der Waals surface area contributed by atoms with Crippen molar-refractivity contribution < 1.29 is 9.90 Å². The van der Waals surface area contributed by atoms with Gasteiger partial charge in [-0.2, -0.15) is 0 Å². The van der Waals surface area contributed by atoms with E-state index >= 15 is 0 Å². The van der Waals surface area contributed by atoms with Crippen LogP contribution in [0.3, 0.4) is 0 Å². The number of benzene rings is 1. The zero-order chi connectivity index (χ0) is 12.7. The van der Waals surface area contributed by atoms with Crippen LogP contribution in [0.25, 0.3) is 0 Å². The fourth-order valence-corrected chi connectivity index (χ4v) is 2.30. The van der Waals surface area contributed by atoms with Gasteiger partial charge < -0.3 is 10.4 Å². The predicted octanol–water partition coefficient (Wildman–Crippen LogP) is 2.32. The second-order valence-corrected chi connectivity index (χ2v) is 5.00. The number of carbonyl (C=O) groups is 1. The number of aliphatic hydroxyl groups is 1. The maximum atomic E-state index is 11.6. The highest BCUT2D eigenvalue weighted by Gasteiger charge is 2.10. The van der Waals surface area contributed by atoms with Crippen LogP contribution in [-0.2, 0) is 4.79 Å². The van der Waals surface area contributed by atoms with Gasteiger partial charge in [0, 0.05) is 4.90 Å². The van der Waals surface area contributed by atoms with E-state index in [-0.39, 0.29) is 18.6 Å². The van der Waals surface area contributed by atoms with Gasteiger partial charge in [0.15, 0.2) is 0 Å². The molecule has 0 spiro atoms. The summed E-state index contributed by atoms with van der Waals surface area (Å²) >= 11 is 7.37. The molecule has 94 valence electrons. The van der Waals surface area contributed by atoms with E-state index in [2.05, 4.69) is 5.32 Å². The molecule has 2 N–H and O–H groups in total. The number of hydrogen-bond acceptors (Lipinski definition) is 3. The number of rotatable bonds is 6. The summed E-state index contributed by atoms with van der Waals surface area (Å²) in [6, 6.07) is 7.25. The molecular formula is C12H16ClNO2S. The average Bonchev–Trinajstić information content (AvgIpc) is 2.35. The van der Waals surface area contributed by atoms with E-state index in [1.165, 1.54) is 11.8 Å². The minimum absolute atomic E-state index is 0.0288. The highest BCUT2D eigenvalue weighted by molar-refractivity contribution is 8.00. The van der Waals surface area contributed by atoms with E-state index in [0.29, 0.717) is 10.8 Å². The number of hydrogen-bond donors (Lipinski definition) is 2. The number of carbonyl (C=O) groups excluding carboxylic acids is 1. The Morgan fingerprint density at radius 2 is 2.24 bits per heavy atom. The standard InChI is InChI=1S/C12H16ClNO2S/c1-2-9(7-15)14-12(16)8-17-11-6-4-3-5-10(11)13/h3-6,9,15H,2,7-8H2,1H3,(H,14,16)/t9-/m1/s1. The molecule has 0 saturated heterocycles. The SMILES string of the molecule is CC[C@H](CO)NC(=O)CSc1ccccc1Cl. The highest BCUT2D eigenvalue weighted by Crippen LogP contribution is 2.26. The number of thioether (sulfide) groups is 1. The number of amides is 1. The Labute approximate surface area is 111 Å². The molecule has 0 unspecified atom stereocenters. The van der Waals surface area contributed by atoms with E-state index in [4.69, 9.17) is 16.7 Å². The summed E-state index contributed by atoms with van der Waals surface area (Å²) in [5.74, 6) is 0.219. The lowest BCUT2D eigenvalue weighted by Gasteiger charge is -2.13. The van der Waals surface area contributed by atoms with Crippen LogP contribution in [0, 0.1) is 0 Å². The molecule has 1 amide bonds. The van der Waals surface area contributed by atoms with Gasteiger partial charge in [-0.25, -0.2) is 0 Å². The zero-order valence-electron chi connectivity index (χ0n) is 9.65. The first kappa shape index (κ1) is 14.4. The zero-order valence-corrected chi connectivity index (χ0v) is 11.2. The first-order valence-corrected chi connectivity index (χ1v) is 6.81. The van der Waals surface area contributed by atoms with Crippen LogP contribution in [0.2, 0.25) is 5.02 Å². The van der Waals surface area contributed by atoms with Crippen molar-refractivity contribution in [2.45, 2.75) is 24.3 Å². The summed E-state index contributed by atoms with van der Waals surface area (Å²) in [6.07, 6.45) is 0.721. The minimum Gasteiger partial charge on any atom is -0.394 e. The largest absolute Gasteiger partial charge is 0.394 e. The fourth-order valence-electron chi connectivity index (χ4n) is 1.25. The topological polar surface area (TPSA) is 49.3 Å². The van der Waals surface area contributed by atoms with E-state index < -0.39 is 0 Å². The van der Waals surface area contributed by atoms with Crippen LogP contribution in [0.1, 0.15) is 13.3 Å². The van der Waals surface area contributed by atoms with Crippen LogP contribution in [0.4, 0.5) is 0 Å². The van der Waals surface area contributed by atoms with Crippen molar-refractivity contribution in [2.75, 3.05) is 12.4 Å². The maximum Gasteiger partial charge on any atom is 0.230 e. The van der Waals surface area contributed by atoms with Gasteiger partial charge in [-0.05, 0) is 18.6 Å². The van der Waals surface area contributed by atoms with Crippen molar-refractivity contribution in [3.05, 3.63) is 29.3 Å². The smallest absolute Gasteiger partial charge is 0.230 e. The van der Waals surface area contributed by atoms with Gasteiger partial charge in [0.2, 0.25) is 5.91 Å². The summed E-state index contributed by atoms with van der Waals surface area (Å²) in [7, 11) is 0. The molecule has 1 aromatic rings. The molecule has 1 aromatic carbocycles. The molecule has 0 aliphatic carbocycles. The van der Waals surface area contributed by atoms with E-state index in [9.17, 15) is 4.79 Å². The molecular weight excluding hydrogens is 258 g/mol. The van der Waals surface area contributed by atoms with E-state index in [1.54, 1.807) is 6.07 Å². The Bertz CT molecular complexity index is 369. The molecule has 0 aliphatic heterocycles. The summed E-state index contributed by atoms with van der Waals surface area (Å²) in [5, 5.41) is 12.4. The molecule has 0 fully saturated rings. The van der Waals surface area contributed by atoms with Crippen LogP contribution in [-0.4, -0.2) is 29.4 Å². The maximum absolute atomic E-state index is 11.6. The second kappa shape index (κ2) is 7.58. The third kappa shape index (κ3) is 4.98. The first-order chi connectivity index (χ1) is 8.17. The number of aliphatic hydroxyl groups excluding tert-OH is 1. The summed E-state index contributed by atoms with van der Waals surface area (Å²) in [5.41, 5.74) is 0. The second-order valence-electron chi connectivity index (χ2n) is 3.57. The van der Waals surface area contributed by atoms with Gasteiger partial charge in [0.05, 0.1) is 23.4 Å². The lowest BCUT2D eigenvalue weighted by molar-refractivity contribution is -0.119. The van der Waals surface area contributed by atoms with Crippen LogP contribution >= 0.6 is 23.4 Å². The van der Waals surface area contributed by atoms with Crippen molar-refractivity contribution in [3.8, 4) is 0 Å². The molecule has 0 aromatic heterocycles. The summed E-state index contributed by atoms with van der Waals surface area (Å²) < 4.78 is 0. The molecule has 5 heteroatoms.